The maximum absolute atomic E-state index is 13.1. The Balaban J connectivity index is 1.38. The van der Waals surface area contributed by atoms with Crippen molar-refractivity contribution in [1.29, 1.82) is 0 Å². The molecule has 4 aromatic rings. The Hall–Kier alpha value is -3.98. The van der Waals surface area contributed by atoms with Crippen molar-refractivity contribution in [2.24, 2.45) is 7.05 Å². The molecular formula is C27H28N6O3. The number of ether oxygens (including phenoxy) is 2. The van der Waals surface area contributed by atoms with E-state index in [1.807, 2.05) is 43.6 Å². The van der Waals surface area contributed by atoms with E-state index in [1.165, 1.54) is 12.7 Å². The zero-order valence-corrected chi connectivity index (χ0v) is 20.4. The second-order valence-electron chi connectivity index (χ2n) is 9.32. The number of amides is 1. The van der Waals surface area contributed by atoms with Gasteiger partial charge >= 0.3 is 6.09 Å². The van der Waals surface area contributed by atoms with Crippen molar-refractivity contribution in [3.63, 3.8) is 0 Å². The van der Waals surface area contributed by atoms with Gasteiger partial charge in [-0.3, -0.25) is 9.58 Å². The van der Waals surface area contributed by atoms with Crippen LogP contribution in [-0.2, 0) is 7.05 Å². The number of aryl methyl sites for hydroxylation is 1. The molecule has 9 heteroatoms. The highest BCUT2D eigenvalue weighted by atomic mass is 16.6. The van der Waals surface area contributed by atoms with E-state index in [0.717, 1.165) is 41.7 Å². The normalized spacial score (nSPS) is 17.8. The first-order valence-corrected chi connectivity index (χ1v) is 12.2. The van der Waals surface area contributed by atoms with E-state index in [0.29, 0.717) is 41.8 Å². The quantitative estimate of drug-likeness (QED) is 0.433. The Bertz CT molecular complexity index is 1420. The Kier molecular flexibility index (Phi) is 5.77. The van der Waals surface area contributed by atoms with Crippen molar-refractivity contribution in [3.8, 4) is 34.0 Å². The SMILES string of the molecule is COc1cc2ncnc(-c3cn(C)nc3-c3ccccc3)c2cc1OC(=O)N1CCN2CCC[C@@H]2C1. The molecule has 4 heterocycles. The van der Waals surface area contributed by atoms with Gasteiger partial charge in [-0.05, 0) is 25.5 Å². The summed E-state index contributed by atoms with van der Waals surface area (Å²) in [5, 5.41) is 5.45. The maximum atomic E-state index is 13.1. The molecule has 0 spiro atoms. The zero-order valence-electron chi connectivity index (χ0n) is 20.4. The number of aromatic nitrogens is 4. The highest BCUT2D eigenvalue weighted by Crippen LogP contribution is 2.38. The molecular weight excluding hydrogens is 456 g/mol. The third kappa shape index (κ3) is 4.05. The van der Waals surface area contributed by atoms with E-state index in [2.05, 4.69) is 14.9 Å². The standard InChI is InChI=1S/C27H28N6O3/c1-31-16-21(25(30-31)18-7-4-3-5-8-18)26-20-13-24(23(35-2)14-22(20)28-17-29-26)36-27(34)33-12-11-32-10-6-9-19(32)15-33/h3-5,7-8,13-14,16-17,19H,6,9-12,15H2,1-2H3/t19-/m1/s1. The van der Waals surface area contributed by atoms with Crippen LogP contribution in [-0.4, -0.2) is 75.0 Å². The van der Waals surface area contributed by atoms with Gasteiger partial charge < -0.3 is 14.4 Å². The lowest BCUT2D eigenvalue weighted by Crippen LogP contribution is -2.52. The van der Waals surface area contributed by atoms with E-state index in [-0.39, 0.29) is 6.09 Å². The van der Waals surface area contributed by atoms with E-state index >= 15 is 0 Å². The van der Waals surface area contributed by atoms with E-state index in [4.69, 9.17) is 14.6 Å². The first-order valence-electron chi connectivity index (χ1n) is 12.2. The molecule has 36 heavy (non-hydrogen) atoms. The molecule has 1 amide bonds. The van der Waals surface area contributed by atoms with E-state index in [9.17, 15) is 4.79 Å². The zero-order chi connectivity index (χ0) is 24.6. The van der Waals surface area contributed by atoms with Gasteiger partial charge in [-0.15, -0.1) is 0 Å². The van der Waals surface area contributed by atoms with Gasteiger partial charge in [0.25, 0.3) is 0 Å². The van der Waals surface area contributed by atoms with Crippen molar-refractivity contribution >= 4 is 17.0 Å². The minimum Gasteiger partial charge on any atom is -0.493 e. The van der Waals surface area contributed by atoms with Crippen LogP contribution < -0.4 is 9.47 Å². The largest absolute Gasteiger partial charge is 0.493 e. The molecule has 2 fully saturated rings. The number of piperazine rings is 1. The van der Waals surface area contributed by atoms with Gasteiger partial charge in [0.15, 0.2) is 11.5 Å². The molecule has 0 unspecified atom stereocenters. The van der Waals surface area contributed by atoms with Crippen LogP contribution in [0.4, 0.5) is 4.79 Å². The summed E-state index contributed by atoms with van der Waals surface area (Å²) in [5.74, 6) is 0.805. The fourth-order valence-corrected chi connectivity index (χ4v) is 5.30. The number of rotatable bonds is 4. The summed E-state index contributed by atoms with van der Waals surface area (Å²) in [6, 6.07) is 14.0. The molecule has 0 radical (unpaired) electrons. The fourth-order valence-electron chi connectivity index (χ4n) is 5.30. The van der Waals surface area contributed by atoms with Crippen LogP contribution in [0.2, 0.25) is 0 Å². The lowest BCUT2D eigenvalue weighted by Gasteiger charge is -2.36. The average Bonchev–Trinajstić information content (AvgIpc) is 3.54. The lowest BCUT2D eigenvalue weighted by molar-refractivity contribution is 0.0928. The van der Waals surface area contributed by atoms with Gasteiger partial charge in [0, 0.05) is 61.5 Å². The first-order chi connectivity index (χ1) is 17.6. The Morgan fingerprint density at radius 1 is 1.03 bits per heavy atom. The van der Waals surface area contributed by atoms with Crippen molar-refractivity contribution in [3.05, 3.63) is 55.0 Å². The predicted molar refractivity (Wildman–Crippen MR) is 136 cm³/mol. The number of methoxy groups -OCH3 is 1. The summed E-state index contributed by atoms with van der Waals surface area (Å²) in [5.41, 5.74) is 4.09. The molecule has 1 atom stereocenters. The molecule has 184 valence electrons. The number of benzene rings is 2. The van der Waals surface area contributed by atoms with Crippen LogP contribution in [0.5, 0.6) is 11.5 Å². The number of carbonyl (C=O) groups is 1. The van der Waals surface area contributed by atoms with Gasteiger partial charge in [0.05, 0.1) is 18.3 Å². The Labute approximate surface area is 209 Å². The van der Waals surface area contributed by atoms with Crippen LogP contribution in [0.25, 0.3) is 33.4 Å². The maximum Gasteiger partial charge on any atom is 0.415 e. The topological polar surface area (TPSA) is 85.6 Å². The molecule has 0 N–H and O–H groups in total. The van der Waals surface area contributed by atoms with Crippen LogP contribution in [0.15, 0.2) is 55.0 Å². The van der Waals surface area contributed by atoms with Crippen molar-refractivity contribution < 1.29 is 14.3 Å². The fraction of sp³-hybridized carbons (Fsp3) is 0.333. The van der Waals surface area contributed by atoms with Crippen LogP contribution in [0, 0.1) is 0 Å². The van der Waals surface area contributed by atoms with Crippen molar-refractivity contribution in [2.45, 2.75) is 18.9 Å². The smallest absolute Gasteiger partial charge is 0.415 e. The second-order valence-corrected chi connectivity index (χ2v) is 9.32. The van der Waals surface area contributed by atoms with Gasteiger partial charge in [0.1, 0.15) is 12.0 Å². The number of nitrogens with zero attached hydrogens (tertiary/aromatic N) is 6. The van der Waals surface area contributed by atoms with Crippen LogP contribution in [0.1, 0.15) is 12.8 Å². The molecule has 2 saturated heterocycles. The van der Waals surface area contributed by atoms with Gasteiger partial charge in [-0.1, -0.05) is 30.3 Å². The minimum absolute atomic E-state index is 0.352. The average molecular weight is 485 g/mol. The number of carbonyl (C=O) groups excluding carboxylic acids is 1. The highest BCUT2D eigenvalue weighted by molar-refractivity contribution is 5.97. The molecule has 0 saturated carbocycles. The van der Waals surface area contributed by atoms with E-state index in [1.54, 1.807) is 28.8 Å². The summed E-state index contributed by atoms with van der Waals surface area (Å²) >= 11 is 0. The third-order valence-electron chi connectivity index (χ3n) is 7.09. The van der Waals surface area contributed by atoms with Crippen LogP contribution >= 0.6 is 0 Å². The second kappa shape index (κ2) is 9.23. The first kappa shape index (κ1) is 22.5. The summed E-state index contributed by atoms with van der Waals surface area (Å²) in [6.07, 6.45) is 5.43. The van der Waals surface area contributed by atoms with E-state index < -0.39 is 0 Å². The number of hydrogen-bond donors (Lipinski definition) is 0. The molecule has 0 aliphatic carbocycles. The molecule has 0 bridgehead atoms. The van der Waals surface area contributed by atoms with Gasteiger partial charge in [-0.2, -0.15) is 5.10 Å². The highest BCUT2D eigenvalue weighted by Gasteiger charge is 2.33. The third-order valence-corrected chi connectivity index (χ3v) is 7.09. The Morgan fingerprint density at radius 2 is 1.89 bits per heavy atom. The predicted octanol–water partition coefficient (Wildman–Crippen LogP) is 3.98. The molecule has 2 aliphatic rings. The monoisotopic (exact) mass is 484 g/mol. The van der Waals surface area contributed by atoms with Crippen molar-refractivity contribution in [2.75, 3.05) is 33.3 Å². The van der Waals surface area contributed by atoms with Gasteiger partial charge in [0.2, 0.25) is 0 Å². The molecule has 2 aromatic heterocycles. The molecule has 2 aliphatic heterocycles. The lowest BCUT2D eigenvalue weighted by atomic mass is 10.0. The Morgan fingerprint density at radius 3 is 2.72 bits per heavy atom. The summed E-state index contributed by atoms with van der Waals surface area (Å²) in [6.45, 7) is 3.36. The summed E-state index contributed by atoms with van der Waals surface area (Å²) < 4.78 is 13.3. The number of fused-ring (bicyclic) bond motifs is 2. The van der Waals surface area contributed by atoms with Crippen LogP contribution in [0.3, 0.4) is 0 Å². The molecule has 2 aromatic carbocycles. The summed E-state index contributed by atoms with van der Waals surface area (Å²) in [4.78, 5) is 26.5. The summed E-state index contributed by atoms with van der Waals surface area (Å²) in [7, 11) is 3.45. The molecule has 9 nitrogen and oxygen atoms in total. The van der Waals surface area contributed by atoms with Gasteiger partial charge in [-0.25, -0.2) is 14.8 Å². The van der Waals surface area contributed by atoms with Crippen molar-refractivity contribution in [1.82, 2.24) is 29.5 Å². The molecule has 6 rings (SSSR count). The minimum atomic E-state index is -0.357. The number of hydrogen-bond acceptors (Lipinski definition) is 7.